The number of carbonyl (C=O) groups is 5. The smallest absolute Gasteiger partial charge is 0.329 e. The molecule has 1 aromatic carbocycles. The maximum atomic E-state index is 14.5. The van der Waals surface area contributed by atoms with E-state index in [0.29, 0.717) is 68.4 Å². The number of benzene rings is 1. The van der Waals surface area contributed by atoms with Crippen LogP contribution in [0.5, 0.6) is 0 Å². The van der Waals surface area contributed by atoms with E-state index in [1.807, 2.05) is 70.2 Å². The maximum absolute atomic E-state index is 14.5. The topological polar surface area (TPSA) is 195 Å². The number of allylic oxidation sites excluding steroid dienone is 6. The summed E-state index contributed by atoms with van der Waals surface area (Å²) in [5.74, 6) is -8.21. The summed E-state index contributed by atoms with van der Waals surface area (Å²) >= 11 is 6.16. The van der Waals surface area contributed by atoms with Gasteiger partial charge in [-0.05, 0) is 125 Å². The van der Waals surface area contributed by atoms with Crippen molar-refractivity contribution in [2.75, 3.05) is 20.8 Å². The van der Waals surface area contributed by atoms with Gasteiger partial charge >= 0.3 is 5.97 Å². The SMILES string of the molecule is CO[C@@H]1C[C@H](C[C@@H](C)[C@@H]2CC(=O)[C@H](C)/C=C(\C)[C@@H](O)[C@@H](OC)C(=O)[C@H](C)C[C@H](C)/C=C/C=C/C=C(\C)[C@@H](OCc3ccc(Cl)cc3)C[C@@H]3CC[C@@H](C)[C@@](O)(O3)C(=O)C(=O)N3CCCC[C@H]3C(=O)O2)CC[C@H]1O. The van der Waals surface area contributed by atoms with Crippen LogP contribution in [0, 0.1) is 35.5 Å². The van der Waals surface area contributed by atoms with E-state index >= 15 is 0 Å². The molecule has 1 aliphatic carbocycles. The number of amides is 1. The summed E-state index contributed by atoms with van der Waals surface area (Å²) < 4.78 is 30.3. The van der Waals surface area contributed by atoms with E-state index in [1.165, 1.54) is 12.0 Å². The van der Waals surface area contributed by atoms with Crippen molar-refractivity contribution in [2.24, 2.45) is 35.5 Å². The highest BCUT2D eigenvalue weighted by Gasteiger charge is 2.53. The van der Waals surface area contributed by atoms with Crippen LogP contribution in [0.4, 0.5) is 0 Å². The number of Topliss-reactive ketones (excluding diaryl/α,β-unsaturated/α-hetero) is 3. The number of carbonyl (C=O) groups excluding carboxylic acids is 5. The summed E-state index contributed by atoms with van der Waals surface area (Å²) in [7, 11) is 2.94. The van der Waals surface area contributed by atoms with Crippen molar-refractivity contribution in [1.29, 1.82) is 0 Å². The molecule has 3 fully saturated rings. The van der Waals surface area contributed by atoms with Crippen LogP contribution in [-0.4, -0.2) is 125 Å². The molecule has 15 heteroatoms. The molecule has 0 aromatic heterocycles. The second-order valence-electron chi connectivity index (χ2n) is 21.3. The van der Waals surface area contributed by atoms with Crippen LogP contribution in [0.1, 0.15) is 131 Å². The van der Waals surface area contributed by atoms with E-state index in [9.17, 15) is 39.3 Å². The molecule has 3 heterocycles. The minimum atomic E-state index is -2.48. The third-order valence-corrected chi connectivity index (χ3v) is 15.8. The first kappa shape index (κ1) is 59.0. The first-order valence-corrected chi connectivity index (χ1v) is 26.5. The van der Waals surface area contributed by atoms with Crippen LogP contribution in [0.25, 0.3) is 0 Å². The molecule has 1 aromatic rings. The fraction of sp³-hybridized carbons (Fsp3) is 0.667. The molecule has 5 rings (SSSR count). The number of hydrogen-bond acceptors (Lipinski definition) is 13. The molecule has 4 aliphatic rings. The van der Waals surface area contributed by atoms with Crippen molar-refractivity contribution in [3.05, 3.63) is 82.5 Å². The number of nitrogens with zero attached hydrogens (tertiary/aromatic N) is 1. The molecule has 0 spiro atoms. The van der Waals surface area contributed by atoms with Gasteiger partial charge in [0.1, 0.15) is 30.1 Å². The summed E-state index contributed by atoms with van der Waals surface area (Å²) in [5.41, 5.74) is 2.12. The van der Waals surface area contributed by atoms with E-state index < -0.39 is 83.9 Å². The molecule has 0 unspecified atom stereocenters. The third-order valence-electron chi connectivity index (χ3n) is 15.6. The van der Waals surface area contributed by atoms with Crippen molar-refractivity contribution in [3.8, 4) is 0 Å². The zero-order chi connectivity index (χ0) is 52.9. The van der Waals surface area contributed by atoms with Crippen molar-refractivity contribution in [2.45, 2.75) is 187 Å². The number of aliphatic hydroxyl groups excluding tert-OH is 2. The number of fused-ring (bicyclic) bond motifs is 3. The molecule has 72 heavy (non-hydrogen) atoms. The lowest BCUT2D eigenvalue weighted by Crippen LogP contribution is -2.61. The molecule has 0 radical (unpaired) electrons. The molecule has 15 atom stereocenters. The molecular weight excluding hydrogens is 942 g/mol. The Balaban J connectivity index is 1.49. The zero-order valence-corrected chi connectivity index (χ0v) is 44.8. The highest BCUT2D eigenvalue weighted by atomic mass is 35.5. The Hall–Kier alpha value is -3.86. The van der Waals surface area contributed by atoms with Gasteiger partial charge < -0.3 is 43.9 Å². The van der Waals surface area contributed by atoms with Crippen LogP contribution < -0.4 is 0 Å². The van der Waals surface area contributed by atoms with Gasteiger partial charge in [0.05, 0.1) is 31.0 Å². The van der Waals surface area contributed by atoms with Crippen molar-refractivity contribution in [3.63, 3.8) is 0 Å². The number of piperidine rings is 1. The number of ketones is 3. The molecule has 3 aliphatic heterocycles. The van der Waals surface area contributed by atoms with Crippen molar-refractivity contribution in [1.82, 2.24) is 4.90 Å². The molecule has 14 nitrogen and oxygen atoms in total. The van der Waals surface area contributed by atoms with Crippen LogP contribution >= 0.6 is 11.6 Å². The monoisotopic (exact) mass is 1020 g/mol. The number of halogens is 1. The van der Waals surface area contributed by atoms with Gasteiger partial charge in [0.25, 0.3) is 11.7 Å². The predicted molar refractivity (Wildman–Crippen MR) is 274 cm³/mol. The number of rotatable bonds is 8. The van der Waals surface area contributed by atoms with Gasteiger partial charge in [0.15, 0.2) is 5.78 Å². The van der Waals surface area contributed by atoms with E-state index in [0.717, 1.165) is 11.1 Å². The van der Waals surface area contributed by atoms with E-state index in [1.54, 1.807) is 46.1 Å². The minimum Gasteiger partial charge on any atom is -0.460 e. The lowest BCUT2D eigenvalue weighted by atomic mass is 9.78. The molecule has 1 amide bonds. The highest BCUT2D eigenvalue weighted by Crippen LogP contribution is 2.38. The number of ether oxygens (including phenoxy) is 5. The largest absolute Gasteiger partial charge is 0.460 e. The highest BCUT2D eigenvalue weighted by molar-refractivity contribution is 6.39. The fourth-order valence-corrected chi connectivity index (χ4v) is 10.9. The van der Waals surface area contributed by atoms with Gasteiger partial charge in [0, 0.05) is 56.4 Å². The van der Waals surface area contributed by atoms with E-state index in [-0.39, 0.29) is 67.8 Å². The molecule has 3 N–H and O–H groups in total. The van der Waals surface area contributed by atoms with Gasteiger partial charge in [-0.2, -0.15) is 0 Å². The first-order chi connectivity index (χ1) is 34.2. The molecule has 1 saturated carbocycles. The van der Waals surface area contributed by atoms with Gasteiger partial charge in [-0.1, -0.05) is 94.8 Å². The average molecular weight is 1020 g/mol. The van der Waals surface area contributed by atoms with Gasteiger partial charge in [0.2, 0.25) is 5.79 Å². The van der Waals surface area contributed by atoms with Crippen molar-refractivity contribution < 1.29 is 63.0 Å². The van der Waals surface area contributed by atoms with Crippen molar-refractivity contribution >= 4 is 40.8 Å². The Bertz CT molecular complexity index is 2120. The van der Waals surface area contributed by atoms with Gasteiger partial charge in [-0.15, -0.1) is 0 Å². The number of hydrogen-bond donors (Lipinski definition) is 3. The Morgan fingerprint density at radius 2 is 1.58 bits per heavy atom. The summed E-state index contributed by atoms with van der Waals surface area (Å²) in [4.78, 5) is 72.6. The molecular formula is C57H82ClNO13. The average Bonchev–Trinajstić information content (AvgIpc) is 3.36. The number of methoxy groups -OCH3 is 2. The van der Waals surface area contributed by atoms with Crippen LogP contribution in [0.3, 0.4) is 0 Å². The Morgan fingerprint density at radius 3 is 2.28 bits per heavy atom. The lowest BCUT2D eigenvalue weighted by molar-refractivity contribution is -0.266. The number of esters is 1. The quantitative estimate of drug-likeness (QED) is 0.128. The lowest BCUT2D eigenvalue weighted by Gasteiger charge is -2.43. The predicted octanol–water partition coefficient (Wildman–Crippen LogP) is 8.40. The van der Waals surface area contributed by atoms with E-state index in [2.05, 4.69) is 0 Å². The van der Waals surface area contributed by atoms with E-state index in [4.69, 9.17) is 35.3 Å². The Kier molecular flexibility index (Phi) is 22.6. The fourth-order valence-electron chi connectivity index (χ4n) is 10.8. The second-order valence-corrected chi connectivity index (χ2v) is 21.7. The first-order valence-electron chi connectivity index (χ1n) is 26.2. The molecule has 2 saturated heterocycles. The second kappa shape index (κ2) is 27.6. The van der Waals surface area contributed by atoms with Crippen LogP contribution in [-0.2, 0) is 54.3 Å². The summed E-state index contributed by atoms with van der Waals surface area (Å²) in [6, 6.07) is 6.15. The number of aliphatic hydroxyl groups is 3. The van der Waals surface area contributed by atoms with Crippen LogP contribution in [0.15, 0.2) is 71.9 Å². The number of cyclic esters (lactones) is 1. The molecule has 400 valence electrons. The third kappa shape index (κ3) is 15.8. The normalized spacial score (nSPS) is 37.6. The standard InChI is InChI=1S/C57H82ClNO13/c1-34-15-11-10-12-16-35(2)48(70-33-41-19-22-43(58)23-20-41)31-44-24-18-40(7)57(67,72-44)54(64)55(65)59-26-14-13-17-45(59)56(66)71-49(37(4)29-42-21-25-46(60)50(30-42)68-8)32-47(61)36(3)28-39(6)52(63)53(69-9)51(62)38(5)27-34/h10-12,15-16,19-20,22-23,28,34,36-38,40,42,44-46,48-50,52-53,60,63,67H,13-14,17-18,21,24-27,29-33H2,1-9H3/b12-10+,15-11+,35-16+,39-28+/t34-,36-,37-,38-,40-,42+,44+,45+,46-,48+,49+,50-,52-,53+,57-/m1/s1. The summed E-state index contributed by atoms with van der Waals surface area (Å²) in [6.45, 7) is 13.0. The Labute approximate surface area is 432 Å². The van der Waals surface area contributed by atoms with Crippen LogP contribution in [0.2, 0.25) is 5.02 Å². The zero-order valence-electron chi connectivity index (χ0n) is 44.0. The van der Waals surface area contributed by atoms with Gasteiger partial charge in [-0.25, -0.2) is 4.79 Å². The minimum absolute atomic E-state index is 0.00964. The maximum Gasteiger partial charge on any atom is 0.329 e. The summed E-state index contributed by atoms with van der Waals surface area (Å²) in [5, 5.41) is 34.8. The Morgan fingerprint density at radius 1 is 0.861 bits per heavy atom. The molecule has 2 bridgehead atoms. The summed E-state index contributed by atoms with van der Waals surface area (Å²) in [6.07, 6.45) is 10.7. The van der Waals surface area contributed by atoms with Gasteiger partial charge in [-0.3, -0.25) is 19.2 Å².